The Balaban J connectivity index is 2.38. The molecule has 0 atom stereocenters. The summed E-state index contributed by atoms with van der Waals surface area (Å²) < 4.78 is 0. The van der Waals surface area contributed by atoms with Gasteiger partial charge in [0.25, 0.3) is 0 Å². The summed E-state index contributed by atoms with van der Waals surface area (Å²) in [5.74, 6) is 0.237. The van der Waals surface area contributed by atoms with E-state index in [2.05, 4.69) is 13.0 Å². The van der Waals surface area contributed by atoms with Gasteiger partial charge in [0.15, 0.2) is 0 Å². The smallest absolute Gasteiger partial charge is 0.222 e. The molecule has 0 saturated carbocycles. The lowest BCUT2D eigenvalue weighted by Crippen LogP contribution is -2.38. The SMILES string of the molecule is CC1=CCCN(C(=O)CCC(C)(C)N)C1. The van der Waals surface area contributed by atoms with E-state index >= 15 is 0 Å². The molecule has 0 aromatic carbocycles. The zero-order valence-electron chi connectivity index (χ0n) is 10.0. The molecule has 0 fully saturated rings. The molecule has 15 heavy (non-hydrogen) atoms. The molecule has 1 amide bonds. The Labute approximate surface area is 92.3 Å². The van der Waals surface area contributed by atoms with E-state index < -0.39 is 0 Å². The van der Waals surface area contributed by atoms with Gasteiger partial charge in [-0.05, 0) is 33.6 Å². The minimum atomic E-state index is -0.240. The number of nitrogens with two attached hydrogens (primary N) is 1. The van der Waals surface area contributed by atoms with Crippen molar-refractivity contribution in [3.8, 4) is 0 Å². The van der Waals surface area contributed by atoms with Crippen LogP contribution >= 0.6 is 0 Å². The fraction of sp³-hybridized carbons (Fsp3) is 0.750. The molecule has 0 spiro atoms. The van der Waals surface area contributed by atoms with Crippen LogP contribution in [0.15, 0.2) is 11.6 Å². The van der Waals surface area contributed by atoms with Gasteiger partial charge < -0.3 is 10.6 Å². The average molecular weight is 210 g/mol. The third-order valence-electron chi connectivity index (χ3n) is 2.67. The summed E-state index contributed by atoms with van der Waals surface area (Å²) in [5.41, 5.74) is 6.91. The molecule has 0 aromatic heterocycles. The van der Waals surface area contributed by atoms with Crippen LogP contribution in [0.1, 0.15) is 40.0 Å². The first-order valence-electron chi connectivity index (χ1n) is 5.61. The maximum atomic E-state index is 11.8. The van der Waals surface area contributed by atoms with Crippen LogP contribution in [-0.2, 0) is 4.79 Å². The van der Waals surface area contributed by atoms with Crippen molar-refractivity contribution in [3.63, 3.8) is 0 Å². The third kappa shape index (κ3) is 4.47. The molecular weight excluding hydrogens is 188 g/mol. The number of hydrogen-bond acceptors (Lipinski definition) is 2. The standard InChI is InChI=1S/C12H22N2O/c1-10-5-4-8-14(9-10)11(15)6-7-12(2,3)13/h5H,4,6-9,13H2,1-3H3. The lowest BCUT2D eigenvalue weighted by atomic mass is 9.99. The summed E-state index contributed by atoms with van der Waals surface area (Å²) in [7, 11) is 0. The van der Waals surface area contributed by atoms with Crippen LogP contribution in [0.4, 0.5) is 0 Å². The van der Waals surface area contributed by atoms with Gasteiger partial charge in [0.1, 0.15) is 0 Å². The second-order valence-electron chi connectivity index (χ2n) is 5.14. The van der Waals surface area contributed by atoms with Gasteiger partial charge in [0.2, 0.25) is 5.91 Å². The minimum absolute atomic E-state index is 0.237. The van der Waals surface area contributed by atoms with Gasteiger partial charge in [-0.1, -0.05) is 11.6 Å². The van der Waals surface area contributed by atoms with Crippen LogP contribution in [0.5, 0.6) is 0 Å². The monoisotopic (exact) mass is 210 g/mol. The Bertz CT molecular complexity index is 263. The first kappa shape index (κ1) is 12.2. The normalized spacial score (nSPS) is 17.6. The number of hydrogen-bond donors (Lipinski definition) is 1. The van der Waals surface area contributed by atoms with Gasteiger partial charge in [-0.3, -0.25) is 4.79 Å². The van der Waals surface area contributed by atoms with Crippen LogP contribution < -0.4 is 5.73 Å². The highest BCUT2D eigenvalue weighted by Gasteiger charge is 2.19. The van der Waals surface area contributed by atoms with Crippen LogP contribution in [0.25, 0.3) is 0 Å². The van der Waals surface area contributed by atoms with Crippen molar-refractivity contribution in [1.29, 1.82) is 0 Å². The number of carbonyl (C=O) groups is 1. The largest absolute Gasteiger partial charge is 0.338 e. The molecule has 0 aliphatic carbocycles. The molecule has 1 aliphatic rings. The van der Waals surface area contributed by atoms with Crippen LogP contribution in [0.3, 0.4) is 0 Å². The summed E-state index contributed by atoms with van der Waals surface area (Å²) in [6.07, 6.45) is 4.52. The fourth-order valence-corrected chi connectivity index (χ4v) is 1.71. The molecule has 3 heteroatoms. The molecule has 0 saturated heterocycles. The first-order chi connectivity index (χ1) is 6.88. The first-order valence-corrected chi connectivity index (χ1v) is 5.61. The second-order valence-corrected chi connectivity index (χ2v) is 5.14. The van der Waals surface area contributed by atoms with Crippen molar-refractivity contribution >= 4 is 5.91 Å². The van der Waals surface area contributed by atoms with Gasteiger partial charge in [0.05, 0.1) is 0 Å². The maximum absolute atomic E-state index is 11.8. The van der Waals surface area contributed by atoms with E-state index in [1.54, 1.807) is 0 Å². The highest BCUT2D eigenvalue weighted by Crippen LogP contribution is 2.13. The van der Waals surface area contributed by atoms with Gasteiger partial charge >= 0.3 is 0 Å². The van der Waals surface area contributed by atoms with E-state index in [0.29, 0.717) is 6.42 Å². The summed E-state index contributed by atoms with van der Waals surface area (Å²) >= 11 is 0. The van der Waals surface area contributed by atoms with E-state index in [1.807, 2.05) is 18.7 Å². The van der Waals surface area contributed by atoms with Crippen molar-refractivity contribution in [2.75, 3.05) is 13.1 Å². The average Bonchev–Trinajstić information content (AvgIpc) is 2.13. The second kappa shape index (κ2) is 4.79. The lowest BCUT2D eigenvalue weighted by molar-refractivity contribution is -0.131. The molecule has 0 aromatic rings. The Morgan fingerprint density at radius 3 is 2.80 bits per heavy atom. The highest BCUT2D eigenvalue weighted by molar-refractivity contribution is 5.76. The highest BCUT2D eigenvalue weighted by atomic mass is 16.2. The van der Waals surface area contributed by atoms with E-state index in [-0.39, 0.29) is 11.4 Å². The molecule has 0 bridgehead atoms. The fourth-order valence-electron chi connectivity index (χ4n) is 1.71. The van der Waals surface area contributed by atoms with E-state index in [0.717, 1.165) is 25.9 Å². The minimum Gasteiger partial charge on any atom is -0.338 e. The third-order valence-corrected chi connectivity index (χ3v) is 2.67. The molecule has 0 radical (unpaired) electrons. The van der Waals surface area contributed by atoms with Gasteiger partial charge in [0, 0.05) is 25.0 Å². The molecular formula is C12H22N2O. The Morgan fingerprint density at radius 2 is 2.27 bits per heavy atom. The van der Waals surface area contributed by atoms with Crippen molar-refractivity contribution in [3.05, 3.63) is 11.6 Å². The zero-order valence-corrected chi connectivity index (χ0v) is 10.0. The predicted molar refractivity (Wildman–Crippen MR) is 62.5 cm³/mol. The molecule has 0 unspecified atom stereocenters. The summed E-state index contributed by atoms with van der Waals surface area (Å²) in [6, 6.07) is 0. The molecule has 1 heterocycles. The van der Waals surface area contributed by atoms with Crippen molar-refractivity contribution in [2.45, 2.75) is 45.6 Å². The van der Waals surface area contributed by atoms with E-state index in [1.165, 1.54) is 5.57 Å². The summed E-state index contributed by atoms with van der Waals surface area (Å²) in [6.45, 7) is 7.65. The van der Waals surface area contributed by atoms with E-state index in [4.69, 9.17) is 5.73 Å². The Hall–Kier alpha value is -0.830. The van der Waals surface area contributed by atoms with Gasteiger partial charge in [-0.15, -0.1) is 0 Å². The van der Waals surface area contributed by atoms with Crippen LogP contribution in [0.2, 0.25) is 0 Å². The number of amides is 1. The molecule has 1 rings (SSSR count). The topological polar surface area (TPSA) is 46.3 Å². The van der Waals surface area contributed by atoms with Crippen LogP contribution in [-0.4, -0.2) is 29.4 Å². The Morgan fingerprint density at radius 1 is 1.60 bits per heavy atom. The summed E-state index contributed by atoms with van der Waals surface area (Å²) in [5, 5.41) is 0. The quantitative estimate of drug-likeness (QED) is 0.720. The molecule has 3 nitrogen and oxygen atoms in total. The Kier molecular flexibility index (Phi) is 3.91. The van der Waals surface area contributed by atoms with Crippen molar-refractivity contribution in [2.24, 2.45) is 5.73 Å². The number of rotatable bonds is 3. The predicted octanol–water partition coefficient (Wildman–Crippen LogP) is 1.68. The van der Waals surface area contributed by atoms with Crippen molar-refractivity contribution in [1.82, 2.24) is 4.90 Å². The van der Waals surface area contributed by atoms with Gasteiger partial charge in [-0.2, -0.15) is 0 Å². The summed E-state index contributed by atoms with van der Waals surface area (Å²) in [4.78, 5) is 13.8. The van der Waals surface area contributed by atoms with Crippen molar-refractivity contribution < 1.29 is 4.79 Å². The van der Waals surface area contributed by atoms with Crippen LogP contribution in [0, 0.1) is 0 Å². The number of carbonyl (C=O) groups excluding carboxylic acids is 1. The molecule has 86 valence electrons. The number of nitrogens with zero attached hydrogens (tertiary/aromatic N) is 1. The zero-order chi connectivity index (χ0) is 11.5. The van der Waals surface area contributed by atoms with Gasteiger partial charge in [-0.25, -0.2) is 0 Å². The molecule has 2 N–H and O–H groups in total. The molecule has 1 aliphatic heterocycles. The van der Waals surface area contributed by atoms with E-state index in [9.17, 15) is 4.79 Å². The maximum Gasteiger partial charge on any atom is 0.222 e. The lowest BCUT2D eigenvalue weighted by Gasteiger charge is -2.27.